The van der Waals surface area contributed by atoms with Gasteiger partial charge in [-0.25, -0.2) is 0 Å². The van der Waals surface area contributed by atoms with Crippen molar-refractivity contribution in [3.8, 4) is 0 Å². The summed E-state index contributed by atoms with van der Waals surface area (Å²) in [5.74, 6) is 2.73. The highest BCUT2D eigenvalue weighted by Gasteiger charge is 2.23. The molecule has 5 heteroatoms. The summed E-state index contributed by atoms with van der Waals surface area (Å²) < 4.78 is 5.56. The summed E-state index contributed by atoms with van der Waals surface area (Å²) in [6, 6.07) is 0. The van der Waals surface area contributed by atoms with E-state index in [0.717, 1.165) is 12.4 Å². The minimum absolute atomic E-state index is 0.442. The zero-order valence-electron chi connectivity index (χ0n) is 8.32. The largest absolute Gasteiger partial charge is 0.423 e. The lowest BCUT2D eigenvalue weighted by atomic mass is 10.2. The molecule has 0 amide bonds. The van der Waals surface area contributed by atoms with Crippen molar-refractivity contribution in [1.29, 1.82) is 0 Å². The van der Waals surface area contributed by atoms with Gasteiger partial charge in [0.05, 0.1) is 11.8 Å². The molecule has 0 aromatic carbocycles. The van der Waals surface area contributed by atoms with Crippen molar-refractivity contribution in [2.45, 2.75) is 31.6 Å². The molecule has 1 aliphatic heterocycles. The van der Waals surface area contributed by atoms with Crippen LogP contribution >= 0.6 is 11.8 Å². The third-order valence-corrected chi connectivity index (χ3v) is 3.58. The van der Waals surface area contributed by atoms with E-state index in [-0.39, 0.29) is 0 Å². The Morgan fingerprint density at radius 3 is 3.21 bits per heavy atom. The lowest BCUT2D eigenvalue weighted by molar-refractivity contribution is 0.430. The van der Waals surface area contributed by atoms with E-state index in [4.69, 9.17) is 4.42 Å². The normalized spacial score (nSPS) is 21.6. The zero-order valence-corrected chi connectivity index (χ0v) is 9.14. The second kappa shape index (κ2) is 4.79. The number of hydrogen-bond donors (Lipinski definition) is 1. The third kappa shape index (κ3) is 2.27. The first-order valence-electron chi connectivity index (χ1n) is 5.04. The quantitative estimate of drug-likeness (QED) is 0.825. The van der Waals surface area contributed by atoms with Gasteiger partial charge in [-0.1, -0.05) is 6.92 Å². The van der Waals surface area contributed by atoms with Crippen molar-refractivity contribution < 1.29 is 4.42 Å². The Morgan fingerprint density at radius 2 is 2.50 bits per heavy atom. The average Bonchev–Trinajstić information content (AvgIpc) is 2.85. The van der Waals surface area contributed by atoms with Crippen molar-refractivity contribution in [2.75, 3.05) is 12.3 Å². The van der Waals surface area contributed by atoms with E-state index in [1.165, 1.54) is 18.6 Å². The summed E-state index contributed by atoms with van der Waals surface area (Å²) in [6.07, 6.45) is 2.44. The molecule has 1 fully saturated rings. The first-order chi connectivity index (χ1) is 6.90. The third-order valence-electron chi connectivity index (χ3n) is 2.21. The number of aromatic nitrogens is 2. The minimum atomic E-state index is 0.442. The molecule has 0 spiro atoms. The molecule has 0 saturated carbocycles. The van der Waals surface area contributed by atoms with Gasteiger partial charge in [-0.3, -0.25) is 0 Å². The van der Waals surface area contributed by atoms with Crippen molar-refractivity contribution in [3.63, 3.8) is 0 Å². The lowest BCUT2D eigenvalue weighted by Gasteiger charge is -2.00. The molecular weight excluding hydrogens is 198 g/mol. The van der Waals surface area contributed by atoms with Crippen LogP contribution in [0.5, 0.6) is 0 Å². The van der Waals surface area contributed by atoms with Gasteiger partial charge in [0.25, 0.3) is 0 Å². The molecule has 2 heterocycles. The molecule has 1 atom stereocenters. The van der Waals surface area contributed by atoms with Gasteiger partial charge in [0.2, 0.25) is 11.8 Å². The van der Waals surface area contributed by atoms with Gasteiger partial charge < -0.3 is 9.73 Å². The van der Waals surface area contributed by atoms with E-state index < -0.39 is 0 Å². The second-order valence-electron chi connectivity index (χ2n) is 3.32. The molecule has 2 rings (SSSR count). The van der Waals surface area contributed by atoms with E-state index >= 15 is 0 Å². The molecule has 78 valence electrons. The Hall–Kier alpha value is -0.550. The summed E-state index contributed by atoms with van der Waals surface area (Å²) in [7, 11) is 0. The highest BCUT2D eigenvalue weighted by Crippen LogP contribution is 2.38. The van der Waals surface area contributed by atoms with E-state index in [2.05, 4.69) is 22.4 Å². The van der Waals surface area contributed by atoms with Crippen LogP contribution in [0.4, 0.5) is 0 Å². The van der Waals surface area contributed by atoms with Crippen LogP contribution in [0.15, 0.2) is 4.42 Å². The molecule has 1 N–H and O–H groups in total. The first kappa shape index (κ1) is 9.98. The second-order valence-corrected chi connectivity index (χ2v) is 4.63. The Labute approximate surface area is 87.9 Å². The van der Waals surface area contributed by atoms with Crippen LogP contribution in [-0.4, -0.2) is 22.5 Å². The Morgan fingerprint density at radius 1 is 1.57 bits per heavy atom. The lowest BCUT2D eigenvalue weighted by Crippen LogP contribution is -2.11. The molecular formula is C9H15N3OS. The molecule has 1 saturated heterocycles. The Balaban J connectivity index is 1.94. The van der Waals surface area contributed by atoms with E-state index in [1.807, 2.05) is 11.8 Å². The maximum Gasteiger partial charge on any atom is 0.230 e. The van der Waals surface area contributed by atoms with Crippen LogP contribution in [0.25, 0.3) is 0 Å². The molecule has 0 radical (unpaired) electrons. The molecule has 1 aliphatic rings. The smallest absolute Gasteiger partial charge is 0.230 e. The fraction of sp³-hybridized carbons (Fsp3) is 0.778. The summed E-state index contributed by atoms with van der Waals surface area (Å²) in [5.41, 5.74) is 0. The van der Waals surface area contributed by atoms with Crippen molar-refractivity contribution >= 4 is 11.8 Å². The molecule has 0 aliphatic carbocycles. The van der Waals surface area contributed by atoms with Gasteiger partial charge >= 0.3 is 0 Å². The monoisotopic (exact) mass is 213 g/mol. The van der Waals surface area contributed by atoms with Crippen LogP contribution in [0, 0.1) is 0 Å². The summed E-state index contributed by atoms with van der Waals surface area (Å²) in [6.45, 7) is 3.67. The number of hydrogen-bond acceptors (Lipinski definition) is 5. The van der Waals surface area contributed by atoms with Crippen LogP contribution < -0.4 is 5.32 Å². The number of rotatable bonds is 4. The van der Waals surface area contributed by atoms with Crippen molar-refractivity contribution in [1.82, 2.24) is 15.5 Å². The molecule has 1 unspecified atom stereocenters. The van der Waals surface area contributed by atoms with Crippen LogP contribution in [0.3, 0.4) is 0 Å². The molecule has 0 bridgehead atoms. The summed E-state index contributed by atoms with van der Waals surface area (Å²) in [4.78, 5) is 0. The maximum absolute atomic E-state index is 5.56. The highest BCUT2D eigenvalue weighted by atomic mass is 32.2. The van der Waals surface area contributed by atoms with Gasteiger partial charge in [-0.05, 0) is 25.1 Å². The number of nitrogens with zero attached hydrogens (tertiary/aromatic N) is 2. The van der Waals surface area contributed by atoms with E-state index in [0.29, 0.717) is 17.7 Å². The van der Waals surface area contributed by atoms with Gasteiger partial charge in [-0.2, -0.15) is 0 Å². The highest BCUT2D eigenvalue weighted by molar-refractivity contribution is 7.99. The number of thioether (sulfide) groups is 1. The minimum Gasteiger partial charge on any atom is -0.423 e. The standard InChI is InChI=1S/C9H15N3OS/c1-2-10-6-8-11-12-9(13-8)7-4-3-5-14-7/h7,10H,2-6H2,1H3. The van der Waals surface area contributed by atoms with Gasteiger partial charge in [0.15, 0.2) is 0 Å². The maximum atomic E-state index is 5.56. The summed E-state index contributed by atoms with van der Waals surface area (Å²) in [5, 5.41) is 11.7. The molecule has 1 aromatic heterocycles. The fourth-order valence-corrected chi connectivity index (χ4v) is 2.66. The fourth-order valence-electron chi connectivity index (χ4n) is 1.47. The number of nitrogens with one attached hydrogen (secondary N) is 1. The summed E-state index contributed by atoms with van der Waals surface area (Å²) >= 11 is 1.92. The van der Waals surface area contributed by atoms with Crippen molar-refractivity contribution in [2.24, 2.45) is 0 Å². The van der Waals surface area contributed by atoms with Crippen molar-refractivity contribution in [3.05, 3.63) is 11.8 Å². The zero-order chi connectivity index (χ0) is 9.80. The van der Waals surface area contributed by atoms with Gasteiger partial charge in [0, 0.05) is 0 Å². The van der Waals surface area contributed by atoms with Gasteiger partial charge in [-0.15, -0.1) is 22.0 Å². The predicted molar refractivity (Wildman–Crippen MR) is 56.1 cm³/mol. The van der Waals surface area contributed by atoms with Gasteiger partial charge in [0.1, 0.15) is 0 Å². The van der Waals surface area contributed by atoms with E-state index in [1.54, 1.807) is 0 Å². The van der Waals surface area contributed by atoms with Crippen LogP contribution in [0.2, 0.25) is 0 Å². The molecule has 4 nitrogen and oxygen atoms in total. The predicted octanol–water partition coefficient (Wildman–Crippen LogP) is 1.75. The topological polar surface area (TPSA) is 51.0 Å². The first-order valence-corrected chi connectivity index (χ1v) is 6.09. The molecule has 14 heavy (non-hydrogen) atoms. The van der Waals surface area contributed by atoms with E-state index in [9.17, 15) is 0 Å². The Bertz CT molecular complexity index is 283. The van der Waals surface area contributed by atoms with Crippen LogP contribution in [0.1, 0.15) is 36.8 Å². The average molecular weight is 213 g/mol. The Kier molecular flexibility index (Phi) is 3.42. The SMILES string of the molecule is CCNCc1nnc(C2CCCS2)o1. The molecule has 1 aromatic rings. The van der Waals surface area contributed by atoms with Crippen LogP contribution in [-0.2, 0) is 6.54 Å².